The number of thioether (sulfide) groups is 2. The Bertz CT molecular complexity index is 848. The van der Waals surface area contributed by atoms with Crippen LogP contribution < -0.4 is 5.73 Å². The van der Waals surface area contributed by atoms with Crippen molar-refractivity contribution in [2.45, 2.75) is 35.0 Å². The molecular weight excluding hydrogens is 438 g/mol. The Labute approximate surface area is 189 Å². The summed E-state index contributed by atoms with van der Waals surface area (Å²) in [7, 11) is 0. The molecule has 2 amide bonds. The molecule has 2 heterocycles. The molecule has 1 aromatic carbocycles. The van der Waals surface area contributed by atoms with E-state index in [1.54, 1.807) is 0 Å². The third-order valence-electron chi connectivity index (χ3n) is 4.82. The number of nitrogens with two attached hydrogens (primary N) is 1. The first-order valence-electron chi connectivity index (χ1n) is 9.87. The Morgan fingerprint density at radius 3 is 2.20 bits per heavy atom. The quantitative estimate of drug-likeness (QED) is 0.569. The summed E-state index contributed by atoms with van der Waals surface area (Å²) in [5.74, 6) is 0.830. The van der Waals surface area contributed by atoms with Gasteiger partial charge in [0.1, 0.15) is 0 Å². The van der Waals surface area contributed by atoms with Crippen LogP contribution in [0.1, 0.15) is 30.9 Å². The summed E-state index contributed by atoms with van der Waals surface area (Å²) in [4.78, 5) is 27.7. The summed E-state index contributed by atoms with van der Waals surface area (Å²) in [6.45, 7) is 8.60. The molecule has 0 unspecified atom stereocenters. The van der Waals surface area contributed by atoms with Gasteiger partial charge in [-0.25, -0.2) is 0 Å². The van der Waals surface area contributed by atoms with E-state index in [1.165, 1.54) is 46.0 Å². The van der Waals surface area contributed by atoms with Crippen LogP contribution in [0.4, 0.5) is 0 Å². The van der Waals surface area contributed by atoms with E-state index in [-0.39, 0.29) is 17.6 Å². The lowest BCUT2D eigenvalue weighted by Gasteiger charge is -2.34. The Kier molecular flexibility index (Phi) is 8.55. The van der Waals surface area contributed by atoms with Crippen LogP contribution in [0.25, 0.3) is 0 Å². The van der Waals surface area contributed by atoms with Crippen LogP contribution in [-0.4, -0.2) is 69.5 Å². The van der Waals surface area contributed by atoms with E-state index in [1.807, 2.05) is 4.90 Å². The number of rotatable bonds is 9. The second-order valence-electron chi connectivity index (χ2n) is 7.43. The van der Waals surface area contributed by atoms with Gasteiger partial charge < -0.3 is 10.6 Å². The minimum atomic E-state index is -0.383. The van der Waals surface area contributed by atoms with Crippen LogP contribution in [0.15, 0.2) is 32.9 Å². The summed E-state index contributed by atoms with van der Waals surface area (Å²) in [5.41, 5.74) is 7.81. The zero-order chi connectivity index (χ0) is 21.5. The zero-order valence-corrected chi connectivity index (χ0v) is 19.7. The summed E-state index contributed by atoms with van der Waals surface area (Å²) in [6.07, 6.45) is 0. The normalized spacial score (nSPS) is 15.0. The van der Waals surface area contributed by atoms with Crippen LogP contribution in [-0.2, 0) is 16.1 Å². The first-order valence-corrected chi connectivity index (χ1v) is 12.7. The highest BCUT2D eigenvalue weighted by molar-refractivity contribution is 8.03. The minimum absolute atomic E-state index is 0.127. The highest BCUT2D eigenvalue weighted by atomic mass is 32.2. The molecule has 1 fully saturated rings. The molecule has 30 heavy (non-hydrogen) atoms. The lowest BCUT2D eigenvalue weighted by atomic mass is 10.0. The van der Waals surface area contributed by atoms with Gasteiger partial charge in [-0.1, -0.05) is 73.0 Å². The van der Waals surface area contributed by atoms with Gasteiger partial charge in [-0.3, -0.25) is 14.5 Å². The summed E-state index contributed by atoms with van der Waals surface area (Å²) >= 11 is 4.05. The van der Waals surface area contributed by atoms with Gasteiger partial charge in [0.05, 0.1) is 11.5 Å². The lowest BCUT2D eigenvalue weighted by Crippen LogP contribution is -2.48. The van der Waals surface area contributed by atoms with E-state index < -0.39 is 0 Å². The van der Waals surface area contributed by atoms with Crippen LogP contribution in [0.2, 0.25) is 0 Å². The van der Waals surface area contributed by atoms with E-state index in [4.69, 9.17) is 5.73 Å². The molecule has 0 aliphatic carbocycles. The first-order chi connectivity index (χ1) is 14.4. The number of carbonyl (C=O) groups excluding carboxylic acids is 2. The van der Waals surface area contributed by atoms with Gasteiger partial charge in [0.2, 0.25) is 11.8 Å². The number of aromatic nitrogens is 2. The van der Waals surface area contributed by atoms with Crippen molar-refractivity contribution in [2.24, 2.45) is 5.73 Å². The molecule has 7 nitrogen and oxygen atoms in total. The number of piperazine rings is 1. The van der Waals surface area contributed by atoms with E-state index in [0.29, 0.717) is 16.0 Å². The molecule has 0 bridgehead atoms. The van der Waals surface area contributed by atoms with Crippen molar-refractivity contribution < 1.29 is 9.59 Å². The van der Waals surface area contributed by atoms with E-state index in [2.05, 4.69) is 53.2 Å². The highest BCUT2D eigenvalue weighted by Crippen LogP contribution is 2.28. The number of amides is 2. The maximum atomic E-state index is 12.5. The number of hydrogen-bond acceptors (Lipinski definition) is 8. The van der Waals surface area contributed by atoms with E-state index in [0.717, 1.165) is 37.1 Å². The zero-order valence-electron chi connectivity index (χ0n) is 17.2. The predicted octanol–water partition coefficient (Wildman–Crippen LogP) is 2.68. The molecule has 0 spiro atoms. The highest BCUT2D eigenvalue weighted by Gasteiger charge is 2.21. The fraction of sp³-hybridized carbons (Fsp3) is 0.500. The van der Waals surface area contributed by atoms with Crippen LogP contribution in [0, 0.1) is 0 Å². The molecule has 1 saturated heterocycles. The Morgan fingerprint density at radius 1 is 1.03 bits per heavy atom. The molecular formula is C20H27N5O2S3. The van der Waals surface area contributed by atoms with Gasteiger partial charge in [0, 0.05) is 32.7 Å². The van der Waals surface area contributed by atoms with E-state index >= 15 is 0 Å². The van der Waals surface area contributed by atoms with Crippen molar-refractivity contribution in [1.29, 1.82) is 0 Å². The molecule has 3 rings (SSSR count). The monoisotopic (exact) mass is 465 g/mol. The van der Waals surface area contributed by atoms with Crippen LogP contribution in [0.5, 0.6) is 0 Å². The first kappa shape index (κ1) is 23.1. The van der Waals surface area contributed by atoms with Gasteiger partial charge in [-0.15, -0.1) is 10.2 Å². The molecule has 1 aliphatic rings. The molecule has 2 aromatic rings. The lowest BCUT2D eigenvalue weighted by molar-refractivity contribution is -0.130. The number of primary amides is 1. The molecule has 0 radical (unpaired) electrons. The van der Waals surface area contributed by atoms with Gasteiger partial charge >= 0.3 is 0 Å². The fourth-order valence-corrected chi connectivity index (χ4v) is 5.74. The molecule has 162 valence electrons. The standard InChI is InChI=1S/C20H27N5O2S3/c1-14(2)16-5-3-15(4-6-16)11-24-7-9-25(10-8-24)18(27)13-29-20-23-22-19(30-20)28-12-17(21)26/h3-6,14H,7-13H2,1-2H3,(H2,21,26). The maximum Gasteiger partial charge on any atom is 0.233 e. The van der Waals surface area contributed by atoms with Gasteiger partial charge in [0.25, 0.3) is 0 Å². The average molecular weight is 466 g/mol. The SMILES string of the molecule is CC(C)c1ccc(CN2CCN(C(=O)CSc3nnc(SCC(N)=O)s3)CC2)cc1. The molecule has 1 aliphatic heterocycles. The predicted molar refractivity (Wildman–Crippen MR) is 123 cm³/mol. The second-order valence-corrected chi connectivity index (χ2v) is 10.9. The molecule has 2 N–H and O–H groups in total. The van der Waals surface area contributed by atoms with Crippen molar-refractivity contribution in [3.8, 4) is 0 Å². The topological polar surface area (TPSA) is 92.4 Å². The van der Waals surface area contributed by atoms with Crippen molar-refractivity contribution in [3.63, 3.8) is 0 Å². The minimum Gasteiger partial charge on any atom is -0.369 e. The number of carbonyl (C=O) groups is 2. The summed E-state index contributed by atoms with van der Waals surface area (Å²) in [5, 5.41) is 8.08. The molecule has 10 heteroatoms. The number of nitrogens with zero attached hydrogens (tertiary/aromatic N) is 4. The van der Waals surface area contributed by atoms with E-state index in [9.17, 15) is 9.59 Å². The van der Waals surface area contributed by atoms with Gasteiger partial charge in [0.15, 0.2) is 8.68 Å². The van der Waals surface area contributed by atoms with Gasteiger partial charge in [-0.2, -0.15) is 0 Å². The molecule has 1 aromatic heterocycles. The maximum absolute atomic E-state index is 12.5. The third kappa shape index (κ3) is 6.97. The smallest absolute Gasteiger partial charge is 0.233 e. The summed E-state index contributed by atoms with van der Waals surface area (Å²) < 4.78 is 1.43. The average Bonchev–Trinajstić information content (AvgIpc) is 3.19. The van der Waals surface area contributed by atoms with Crippen molar-refractivity contribution in [2.75, 3.05) is 37.7 Å². The Hall–Kier alpha value is -1.62. The number of hydrogen-bond donors (Lipinski definition) is 1. The largest absolute Gasteiger partial charge is 0.369 e. The second kappa shape index (κ2) is 11.1. The Morgan fingerprint density at radius 2 is 1.63 bits per heavy atom. The fourth-order valence-electron chi connectivity index (χ4n) is 3.08. The van der Waals surface area contributed by atoms with Crippen LogP contribution in [0.3, 0.4) is 0 Å². The van der Waals surface area contributed by atoms with Crippen LogP contribution >= 0.6 is 34.9 Å². The third-order valence-corrected chi connectivity index (χ3v) is 8.02. The van der Waals surface area contributed by atoms with Crippen molar-refractivity contribution in [3.05, 3.63) is 35.4 Å². The molecule has 0 atom stereocenters. The summed E-state index contributed by atoms with van der Waals surface area (Å²) in [6, 6.07) is 8.84. The number of benzene rings is 1. The molecule has 0 saturated carbocycles. The van der Waals surface area contributed by atoms with Crippen molar-refractivity contribution in [1.82, 2.24) is 20.0 Å². The van der Waals surface area contributed by atoms with Crippen molar-refractivity contribution >= 4 is 46.7 Å². The van der Waals surface area contributed by atoms with Gasteiger partial charge in [-0.05, 0) is 17.0 Å². The Balaban J connectivity index is 1.39.